The molecule has 2 aromatic rings. The number of hydrogen-bond acceptors (Lipinski definition) is 2. The van der Waals surface area contributed by atoms with Crippen molar-refractivity contribution in [2.45, 2.75) is 38.8 Å². The van der Waals surface area contributed by atoms with E-state index < -0.39 is 0 Å². The van der Waals surface area contributed by atoms with Crippen molar-refractivity contribution in [3.8, 4) is 5.69 Å². The average Bonchev–Trinajstić information content (AvgIpc) is 3.16. The van der Waals surface area contributed by atoms with Crippen LogP contribution in [-0.4, -0.2) is 15.8 Å². The first kappa shape index (κ1) is 13.9. The average molecular weight is 310 g/mol. The van der Waals surface area contributed by atoms with Crippen LogP contribution in [0.15, 0.2) is 24.4 Å². The van der Waals surface area contributed by atoms with Gasteiger partial charge in [0, 0.05) is 28.9 Å². The maximum Gasteiger partial charge on any atom is 0.0836 e. The SMILES string of the molecule is CCc1c(CNC2CC2)cnn1-c1ccc(Cl)cc1Cl. The Morgan fingerprint density at radius 2 is 2.15 bits per heavy atom. The highest BCUT2D eigenvalue weighted by atomic mass is 35.5. The maximum atomic E-state index is 6.28. The molecule has 0 spiro atoms. The van der Waals surface area contributed by atoms with Crippen molar-refractivity contribution in [1.82, 2.24) is 15.1 Å². The molecule has 3 rings (SSSR count). The standard InChI is InChI=1S/C15H17Cl2N3/c1-2-14-10(8-18-12-4-5-12)9-19-20(14)15-6-3-11(16)7-13(15)17/h3,6-7,9,12,18H,2,4-5,8H2,1H3. The molecule has 106 valence electrons. The van der Waals surface area contributed by atoms with Crippen LogP contribution in [0.2, 0.25) is 10.0 Å². The molecule has 1 aliphatic carbocycles. The van der Waals surface area contributed by atoms with E-state index in [1.54, 1.807) is 6.07 Å². The third-order valence-corrected chi connectivity index (χ3v) is 4.12. The summed E-state index contributed by atoms with van der Waals surface area (Å²) in [7, 11) is 0. The molecule has 1 aromatic carbocycles. The van der Waals surface area contributed by atoms with Crippen LogP contribution in [0.3, 0.4) is 0 Å². The van der Waals surface area contributed by atoms with Gasteiger partial charge in [-0.3, -0.25) is 0 Å². The number of benzene rings is 1. The number of rotatable bonds is 5. The zero-order valence-corrected chi connectivity index (χ0v) is 12.9. The van der Waals surface area contributed by atoms with E-state index in [-0.39, 0.29) is 0 Å². The molecule has 0 aliphatic heterocycles. The van der Waals surface area contributed by atoms with Gasteiger partial charge < -0.3 is 5.32 Å². The summed E-state index contributed by atoms with van der Waals surface area (Å²) in [5.74, 6) is 0. The molecule has 1 heterocycles. The predicted molar refractivity (Wildman–Crippen MR) is 82.8 cm³/mol. The number of aromatic nitrogens is 2. The summed E-state index contributed by atoms with van der Waals surface area (Å²) in [5.41, 5.74) is 3.32. The van der Waals surface area contributed by atoms with E-state index in [9.17, 15) is 0 Å². The molecule has 0 atom stereocenters. The summed E-state index contributed by atoms with van der Waals surface area (Å²) in [4.78, 5) is 0. The molecule has 1 fully saturated rings. The Labute approximate surface area is 128 Å². The van der Waals surface area contributed by atoms with Crippen LogP contribution in [0, 0.1) is 0 Å². The first-order valence-electron chi connectivity index (χ1n) is 6.93. The fourth-order valence-electron chi connectivity index (χ4n) is 2.33. The van der Waals surface area contributed by atoms with Crippen LogP contribution in [0.5, 0.6) is 0 Å². The van der Waals surface area contributed by atoms with Gasteiger partial charge in [-0.1, -0.05) is 30.1 Å². The van der Waals surface area contributed by atoms with Gasteiger partial charge in [0.15, 0.2) is 0 Å². The molecule has 1 aromatic heterocycles. The highest BCUT2D eigenvalue weighted by Crippen LogP contribution is 2.26. The molecule has 0 bridgehead atoms. The van der Waals surface area contributed by atoms with Gasteiger partial charge >= 0.3 is 0 Å². The highest BCUT2D eigenvalue weighted by molar-refractivity contribution is 6.35. The van der Waals surface area contributed by atoms with Crippen LogP contribution >= 0.6 is 23.2 Å². The molecule has 3 nitrogen and oxygen atoms in total. The van der Waals surface area contributed by atoms with Crippen LogP contribution in [0.4, 0.5) is 0 Å². The van der Waals surface area contributed by atoms with Gasteiger partial charge in [-0.25, -0.2) is 4.68 Å². The molecule has 0 unspecified atom stereocenters. The Balaban J connectivity index is 1.91. The Kier molecular flexibility index (Phi) is 4.01. The zero-order valence-electron chi connectivity index (χ0n) is 11.4. The van der Waals surface area contributed by atoms with E-state index in [0.717, 1.165) is 18.7 Å². The number of hydrogen-bond donors (Lipinski definition) is 1. The Morgan fingerprint density at radius 1 is 1.35 bits per heavy atom. The topological polar surface area (TPSA) is 29.9 Å². The third kappa shape index (κ3) is 2.85. The molecule has 0 radical (unpaired) electrons. The fourth-order valence-corrected chi connectivity index (χ4v) is 2.82. The van der Waals surface area contributed by atoms with Crippen molar-refractivity contribution in [1.29, 1.82) is 0 Å². The number of nitrogens with one attached hydrogen (secondary N) is 1. The Morgan fingerprint density at radius 3 is 2.80 bits per heavy atom. The summed E-state index contributed by atoms with van der Waals surface area (Å²) in [6.45, 7) is 3.01. The molecular formula is C15H17Cl2N3. The van der Waals surface area contributed by atoms with Gasteiger partial charge in [-0.05, 0) is 37.5 Å². The summed E-state index contributed by atoms with van der Waals surface area (Å²) >= 11 is 12.2. The lowest BCUT2D eigenvalue weighted by Crippen LogP contribution is -2.16. The van der Waals surface area contributed by atoms with Crippen molar-refractivity contribution in [3.05, 3.63) is 45.7 Å². The van der Waals surface area contributed by atoms with Crippen LogP contribution < -0.4 is 5.32 Å². The Bertz CT molecular complexity index is 618. The van der Waals surface area contributed by atoms with Crippen molar-refractivity contribution in [3.63, 3.8) is 0 Å². The van der Waals surface area contributed by atoms with Crippen molar-refractivity contribution in [2.75, 3.05) is 0 Å². The summed E-state index contributed by atoms with van der Waals surface area (Å²) in [6, 6.07) is 6.20. The predicted octanol–water partition coefficient (Wildman–Crippen LogP) is 3.99. The minimum absolute atomic E-state index is 0.622. The quantitative estimate of drug-likeness (QED) is 0.905. The van der Waals surface area contributed by atoms with Crippen molar-refractivity contribution < 1.29 is 0 Å². The monoisotopic (exact) mass is 309 g/mol. The zero-order chi connectivity index (χ0) is 14.1. The molecule has 1 N–H and O–H groups in total. The number of halogens is 2. The first-order chi connectivity index (χ1) is 9.69. The second-order valence-electron chi connectivity index (χ2n) is 5.13. The molecule has 0 saturated heterocycles. The summed E-state index contributed by atoms with van der Waals surface area (Å²) in [5, 5.41) is 9.28. The van der Waals surface area contributed by atoms with Gasteiger partial charge in [0.1, 0.15) is 0 Å². The van der Waals surface area contributed by atoms with E-state index in [1.807, 2.05) is 23.0 Å². The third-order valence-electron chi connectivity index (χ3n) is 3.59. The van der Waals surface area contributed by atoms with Gasteiger partial charge in [0.25, 0.3) is 0 Å². The largest absolute Gasteiger partial charge is 0.310 e. The minimum atomic E-state index is 0.622. The maximum absolute atomic E-state index is 6.28. The molecule has 20 heavy (non-hydrogen) atoms. The molecule has 0 amide bonds. The molecular weight excluding hydrogens is 293 g/mol. The highest BCUT2D eigenvalue weighted by Gasteiger charge is 2.21. The lowest BCUT2D eigenvalue weighted by atomic mass is 10.2. The van der Waals surface area contributed by atoms with E-state index in [1.165, 1.54) is 24.1 Å². The molecule has 1 aliphatic rings. The van der Waals surface area contributed by atoms with E-state index in [4.69, 9.17) is 23.2 Å². The van der Waals surface area contributed by atoms with Crippen molar-refractivity contribution >= 4 is 23.2 Å². The van der Waals surface area contributed by atoms with Crippen LogP contribution in [0.25, 0.3) is 5.69 Å². The number of nitrogens with zero attached hydrogens (tertiary/aromatic N) is 2. The Hall–Kier alpha value is -1.03. The first-order valence-corrected chi connectivity index (χ1v) is 7.69. The second-order valence-corrected chi connectivity index (χ2v) is 5.98. The van der Waals surface area contributed by atoms with E-state index >= 15 is 0 Å². The van der Waals surface area contributed by atoms with Gasteiger partial charge in [-0.2, -0.15) is 5.10 Å². The van der Waals surface area contributed by atoms with Crippen LogP contribution in [-0.2, 0) is 13.0 Å². The molecule has 1 saturated carbocycles. The van der Waals surface area contributed by atoms with Crippen LogP contribution in [0.1, 0.15) is 31.0 Å². The van der Waals surface area contributed by atoms with Gasteiger partial charge in [0.2, 0.25) is 0 Å². The van der Waals surface area contributed by atoms with E-state index in [2.05, 4.69) is 17.3 Å². The minimum Gasteiger partial charge on any atom is -0.310 e. The van der Waals surface area contributed by atoms with Gasteiger partial charge in [-0.15, -0.1) is 0 Å². The lowest BCUT2D eigenvalue weighted by Gasteiger charge is -2.10. The summed E-state index contributed by atoms with van der Waals surface area (Å²) in [6.07, 6.45) is 5.43. The molecule has 5 heteroatoms. The van der Waals surface area contributed by atoms with Gasteiger partial charge in [0.05, 0.1) is 16.9 Å². The van der Waals surface area contributed by atoms with Crippen molar-refractivity contribution in [2.24, 2.45) is 0 Å². The fraction of sp³-hybridized carbons (Fsp3) is 0.400. The van der Waals surface area contributed by atoms with E-state index in [0.29, 0.717) is 16.1 Å². The second kappa shape index (κ2) is 5.76. The normalized spacial score (nSPS) is 14.8. The smallest absolute Gasteiger partial charge is 0.0836 e. The lowest BCUT2D eigenvalue weighted by molar-refractivity contribution is 0.680. The summed E-state index contributed by atoms with van der Waals surface area (Å²) < 4.78 is 1.92.